The number of likely N-dealkylation sites (N-methyl/N-ethyl adjacent to an activating group) is 1. The van der Waals surface area contributed by atoms with Crippen molar-refractivity contribution in [3.63, 3.8) is 0 Å². The lowest BCUT2D eigenvalue weighted by Gasteiger charge is -2.31. The summed E-state index contributed by atoms with van der Waals surface area (Å²) in [7, 11) is 1.53. The van der Waals surface area contributed by atoms with Crippen LogP contribution in [0.15, 0.2) is 18.2 Å². The molecule has 0 saturated carbocycles. The summed E-state index contributed by atoms with van der Waals surface area (Å²) >= 11 is 0.662. The number of rotatable bonds is 7. The van der Waals surface area contributed by atoms with Crippen molar-refractivity contribution in [3.8, 4) is 23.2 Å². The molecule has 0 bridgehead atoms. The first kappa shape index (κ1) is 35.0. The third kappa shape index (κ3) is 5.77. The second-order valence-electron chi connectivity index (χ2n) is 13.5. The Morgan fingerprint density at radius 2 is 2.04 bits per heavy atom. The maximum absolute atomic E-state index is 17.1. The van der Waals surface area contributed by atoms with E-state index in [1.807, 2.05) is 4.90 Å². The number of likely N-dealkylation sites (tertiary alicyclic amines) is 1. The number of benzene rings is 2. The molecule has 2 aromatic carbocycles. The topological polar surface area (TPSA) is 132 Å². The van der Waals surface area contributed by atoms with E-state index < -0.39 is 63.8 Å². The number of fused-ring (bicyclic) bond motifs is 3. The molecule has 17 heteroatoms. The van der Waals surface area contributed by atoms with E-state index >= 15 is 4.39 Å². The fourth-order valence-electron chi connectivity index (χ4n) is 8.07. The van der Waals surface area contributed by atoms with Crippen molar-refractivity contribution >= 4 is 49.1 Å². The number of aliphatic hydroxyl groups is 1. The van der Waals surface area contributed by atoms with Gasteiger partial charge in [0, 0.05) is 55.9 Å². The van der Waals surface area contributed by atoms with Crippen LogP contribution in [-0.2, 0) is 11.0 Å². The number of halogens is 6. The van der Waals surface area contributed by atoms with Crippen LogP contribution in [0.25, 0.3) is 32.1 Å². The van der Waals surface area contributed by atoms with Crippen LogP contribution in [0.4, 0.5) is 37.2 Å². The summed E-state index contributed by atoms with van der Waals surface area (Å²) in [5.74, 6) is -2.70. The van der Waals surface area contributed by atoms with Gasteiger partial charge < -0.3 is 25.4 Å². The van der Waals surface area contributed by atoms with Gasteiger partial charge in [0.1, 0.15) is 41.0 Å². The number of nitriles is 1. The zero-order valence-electron chi connectivity index (χ0n) is 27.5. The molecule has 2 aromatic heterocycles. The third-order valence-electron chi connectivity index (χ3n) is 10.5. The van der Waals surface area contributed by atoms with Crippen molar-refractivity contribution in [1.29, 1.82) is 5.26 Å². The van der Waals surface area contributed by atoms with Crippen LogP contribution in [-0.4, -0.2) is 94.5 Å². The first-order chi connectivity index (χ1) is 24.2. The summed E-state index contributed by atoms with van der Waals surface area (Å²) in [6.45, 7) is 1.94. The van der Waals surface area contributed by atoms with Crippen molar-refractivity contribution in [1.82, 2.24) is 19.8 Å². The van der Waals surface area contributed by atoms with Crippen molar-refractivity contribution in [2.45, 2.75) is 62.6 Å². The molecule has 5 heterocycles. The lowest BCUT2D eigenvalue weighted by atomic mass is 9.92. The molecule has 3 saturated heterocycles. The highest BCUT2D eigenvalue weighted by molar-refractivity contribution is 7.23. The molecular weight excluding hydrogens is 700 g/mol. The summed E-state index contributed by atoms with van der Waals surface area (Å²) < 4.78 is 97.4. The average Bonchev–Trinajstić information content (AvgIpc) is 3.84. The van der Waals surface area contributed by atoms with Gasteiger partial charge in [-0.1, -0.05) is 6.07 Å². The van der Waals surface area contributed by atoms with Gasteiger partial charge in [-0.15, -0.1) is 11.3 Å². The van der Waals surface area contributed by atoms with Crippen molar-refractivity contribution in [2.75, 3.05) is 50.5 Å². The molecule has 3 aliphatic heterocycles. The Morgan fingerprint density at radius 1 is 1.27 bits per heavy atom. The van der Waals surface area contributed by atoms with E-state index in [2.05, 4.69) is 9.97 Å². The van der Waals surface area contributed by atoms with Gasteiger partial charge in [0.25, 0.3) is 0 Å². The van der Waals surface area contributed by atoms with E-state index in [0.717, 1.165) is 18.6 Å². The van der Waals surface area contributed by atoms with Crippen LogP contribution in [0.1, 0.15) is 43.7 Å². The molecule has 0 radical (unpaired) electrons. The smallest absolute Gasteiger partial charge is 0.417 e. The molecular formula is C34H33F6N7O3S. The molecule has 7 rings (SSSR count). The molecule has 3 N–H and O–H groups in total. The zero-order chi connectivity index (χ0) is 36.6. The molecule has 3 fully saturated rings. The highest BCUT2D eigenvalue weighted by Crippen LogP contribution is 2.48. The van der Waals surface area contributed by atoms with Crippen LogP contribution >= 0.6 is 11.3 Å². The number of aromatic nitrogens is 2. The number of anilines is 2. The number of nitrogen functional groups attached to an aromatic ring is 1. The second-order valence-corrected chi connectivity index (χ2v) is 14.5. The highest BCUT2D eigenvalue weighted by Gasteiger charge is 2.49. The van der Waals surface area contributed by atoms with E-state index in [9.17, 15) is 37.1 Å². The molecule has 4 aromatic rings. The zero-order valence-corrected chi connectivity index (χ0v) is 28.3. The molecule has 0 aliphatic carbocycles. The largest absolute Gasteiger partial charge is 0.461 e. The van der Waals surface area contributed by atoms with E-state index in [1.54, 1.807) is 6.07 Å². The Labute approximate surface area is 292 Å². The van der Waals surface area contributed by atoms with Gasteiger partial charge >= 0.3 is 12.2 Å². The Hall–Kier alpha value is -4.40. The van der Waals surface area contributed by atoms with Crippen LogP contribution in [0.5, 0.6) is 6.01 Å². The molecule has 1 amide bonds. The van der Waals surface area contributed by atoms with Gasteiger partial charge in [-0.2, -0.15) is 28.4 Å². The Bertz CT molecular complexity index is 2110. The summed E-state index contributed by atoms with van der Waals surface area (Å²) in [6, 6.07) is 2.90. The Morgan fingerprint density at radius 3 is 2.71 bits per heavy atom. The van der Waals surface area contributed by atoms with E-state index in [1.165, 1.54) is 23.8 Å². The summed E-state index contributed by atoms with van der Waals surface area (Å²) in [6.07, 6.45) is -4.33. The predicted molar refractivity (Wildman–Crippen MR) is 178 cm³/mol. The first-order valence-corrected chi connectivity index (χ1v) is 17.1. The van der Waals surface area contributed by atoms with Crippen LogP contribution in [0.2, 0.25) is 0 Å². The average molecular weight is 734 g/mol. The summed E-state index contributed by atoms with van der Waals surface area (Å²) in [5, 5.41) is 19.0. The molecule has 10 nitrogen and oxygen atoms in total. The quantitative estimate of drug-likeness (QED) is 0.232. The normalized spacial score (nSPS) is 23.7. The molecule has 0 spiro atoms. The molecule has 3 aliphatic rings. The fourth-order valence-corrected chi connectivity index (χ4v) is 9.02. The van der Waals surface area contributed by atoms with Gasteiger partial charge in [0.2, 0.25) is 5.91 Å². The highest BCUT2D eigenvalue weighted by atomic mass is 32.1. The van der Waals surface area contributed by atoms with Gasteiger partial charge in [0.05, 0.1) is 34.0 Å². The van der Waals surface area contributed by atoms with Gasteiger partial charge in [-0.3, -0.25) is 9.69 Å². The van der Waals surface area contributed by atoms with E-state index in [4.69, 9.17) is 10.5 Å². The lowest BCUT2D eigenvalue weighted by Crippen LogP contribution is -2.43. The number of hydrogen-bond donors (Lipinski definition) is 2. The first-order valence-electron chi connectivity index (χ1n) is 16.3. The van der Waals surface area contributed by atoms with Gasteiger partial charge in [0.15, 0.2) is 5.82 Å². The lowest BCUT2D eigenvalue weighted by molar-refractivity contribution is -0.137. The minimum Gasteiger partial charge on any atom is -0.461 e. The second kappa shape index (κ2) is 12.7. The number of alkyl halides is 4. The number of amides is 1. The third-order valence-corrected chi connectivity index (χ3v) is 11.5. The summed E-state index contributed by atoms with van der Waals surface area (Å²) in [4.78, 5) is 26.1. The fraction of sp³-hybridized carbons (Fsp3) is 0.471. The number of nitrogens with zero attached hydrogens (tertiary/aromatic N) is 6. The van der Waals surface area contributed by atoms with Gasteiger partial charge in [-0.25, -0.2) is 13.2 Å². The number of hydrogen-bond acceptors (Lipinski definition) is 10. The summed E-state index contributed by atoms with van der Waals surface area (Å²) in [5.41, 5.74) is 1.67. The number of carbonyl (C=O) groups is 1. The van der Waals surface area contributed by atoms with Crippen LogP contribution < -0.4 is 15.4 Å². The van der Waals surface area contributed by atoms with Crippen molar-refractivity contribution in [3.05, 3.63) is 41.0 Å². The molecule has 4 atom stereocenters. The predicted octanol–water partition coefficient (Wildman–Crippen LogP) is 5.64. The minimum absolute atomic E-state index is 0.0520. The number of nitrogens with two attached hydrogens (primary N) is 1. The SMILES string of the molecule is CC(=O)N1C[C@@H](N(C)c2nc(OC[C@@]34CCCN3C[C@H](F)C4)nc3c(F)c(-c4ccc(F)c5sc(N)c(C#N)c45)c(C(F)(F)F)cc23)C[C@H]1CO. The van der Waals surface area contributed by atoms with Crippen LogP contribution in [0.3, 0.4) is 0 Å². The number of ether oxygens (including phenoxy) is 1. The van der Waals surface area contributed by atoms with Crippen molar-refractivity contribution < 1.29 is 41.0 Å². The molecule has 0 unspecified atom stereocenters. The molecule has 51 heavy (non-hydrogen) atoms. The maximum atomic E-state index is 17.1. The van der Waals surface area contributed by atoms with E-state index in [-0.39, 0.29) is 82.9 Å². The number of aliphatic hydroxyl groups excluding tert-OH is 1. The van der Waals surface area contributed by atoms with Crippen molar-refractivity contribution in [2.24, 2.45) is 0 Å². The minimum atomic E-state index is -5.15. The standard InChI is InChI=1S/C34H33F6N7O3S/c1-16(49)47-13-18(8-19(47)14-48)45(2)31-21-9-23(34(38,39)40)26(20-4-5-24(36)29-25(20)22(11-41)30(42)51-29)27(37)28(21)43-32(44-31)50-15-33-6-3-7-46(33)12-17(35)10-33/h4-5,9,17-19,48H,3,6-8,10,12-15,42H2,1-2H3/t17-,18+,19+,33+/m1/s1. The maximum Gasteiger partial charge on any atom is 0.417 e. The Kier molecular flexibility index (Phi) is 8.70. The number of carbonyl (C=O) groups excluding carboxylic acids is 1. The monoisotopic (exact) mass is 733 g/mol. The Balaban J connectivity index is 1.44. The number of thiophene rings is 1. The van der Waals surface area contributed by atoms with E-state index in [0.29, 0.717) is 30.4 Å². The van der Waals surface area contributed by atoms with Crippen LogP contribution in [0, 0.1) is 23.0 Å². The molecule has 270 valence electrons. The van der Waals surface area contributed by atoms with Gasteiger partial charge in [-0.05, 0) is 43.5 Å².